The zero-order chi connectivity index (χ0) is 14.7. The summed E-state index contributed by atoms with van der Waals surface area (Å²) in [5, 5.41) is 9.40. The molecule has 0 amide bonds. The lowest BCUT2D eigenvalue weighted by Crippen LogP contribution is -2.11. The maximum Gasteiger partial charge on any atom is 0.339 e. The van der Waals surface area contributed by atoms with E-state index in [0.29, 0.717) is 17.3 Å². The Morgan fingerprint density at radius 3 is 2.85 bits per heavy atom. The van der Waals surface area contributed by atoms with E-state index in [-0.39, 0.29) is 22.8 Å². The smallest absolute Gasteiger partial charge is 0.339 e. The summed E-state index contributed by atoms with van der Waals surface area (Å²) in [6, 6.07) is 5.28. The minimum atomic E-state index is -1.16. The van der Waals surface area contributed by atoms with Crippen LogP contribution >= 0.6 is 11.6 Å². The largest absolute Gasteiger partial charge is 0.478 e. The van der Waals surface area contributed by atoms with Crippen molar-refractivity contribution >= 4 is 17.6 Å². The zero-order valence-electron chi connectivity index (χ0n) is 10.5. The Morgan fingerprint density at radius 2 is 2.20 bits per heavy atom. The topological polar surface area (TPSA) is 92.3 Å². The van der Waals surface area contributed by atoms with Crippen molar-refractivity contribution in [1.29, 1.82) is 0 Å². The first-order valence-electron chi connectivity index (χ1n) is 5.80. The Hall–Kier alpha value is -2.34. The second-order valence-corrected chi connectivity index (χ2v) is 4.37. The number of aromatic nitrogens is 2. The molecule has 2 aromatic rings. The number of hydrogen-bond acceptors (Lipinski definition) is 4. The summed E-state index contributed by atoms with van der Waals surface area (Å²) in [7, 11) is 0. The fraction of sp³-hybridized carbons (Fsp3) is 0.154. The Balaban J connectivity index is 2.44. The second kappa shape index (κ2) is 5.75. The number of carbonyl (C=O) groups is 1. The number of ether oxygens (including phenoxy) is 1. The standard InChI is InChI=1S/C13H11ClN2O4/c1-2-10-15-11(17)6-12(16-10)20-9-5-7(14)3-4-8(9)13(18)19/h3-6H,2H2,1H3,(H,18,19)(H,15,16,17). The lowest BCUT2D eigenvalue weighted by molar-refractivity contribution is 0.0694. The molecule has 104 valence electrons. The highest BCUT2D eigenvalue weighted by molar-refractivity contribution is 6.30. The summed E-state index contributed by atoms with van der Waals surface area (Å²) in [6.45, 7) is 1.82. The molecule has 2 rings (SSSR count). The van der Waals surface area contributed by atoms with Crippen LogP contribution in [0.1, 0.15) is 23.1 Å². The summed E-state index contributed by atoms with van der Waals surface area (Å²) >= 11 is 5.82. The van der Waals surface area contributed by atoms with Gasteiger partial charge in [-0.05, 0) is 12.1 Å². The Kier molecular flexibility index (Phi) is 4.05. The molecule has 0 bridgehead atoms. The Labute approximate surface area is 119 Å². The third-order valence-corrected chi connectivity index (χ3v) is 2.73. The van der Waals surface area contributed by atoms with Crippen LogP contribution in [0, 0.1) is 0 Å². The quantitative estimate of drug-likeness (QED) is 0.903. The van der Waals surface area contributed by atoms with Gasteiger partial charge in [0.25, 0.3) is 5.56 Å². The molecular formula is C13H11ClN2O4. The number of H-pyrrole nitrogens is 1. The molecule has 0 fully saturated rings. The monoisotopic (exact) mass is 294 g/mol. The number of rotatable bonds is 4. The fourth-order valence-electron chi connectivity index (χ4n) is 1.57. The van der Waals surface area contributed by atoms with Gasteiger partial charge in [0.2, 0.25) is 5.88 Å². The first kappa shape index (κ1) is 14.1. The van der Waals surface area contributed by atoms with Gasteiger partial charge < -0.3 is 14.8 Å². The summed E-state index contributed by atoms with van der Waals surface area (Å²) in [6.07, 6.45) is 0.522. The van der Waals surface area contributed by atoms with Crippen LogP contribution in [0.5, 0.6) is 11.6 Å². The van der Waals surface area contributed by atoms with Crippen LogP contribution in [0.25, 0.3) is 0 Å². The number of nitrogens with one attached hydrogen (secondary N) is 1. The van der Waals surface area contributed by atoms with Crippen molar-refractivity contribution in [2.45, 2.75) is 13.3 Å². The molecule has 6 nitrogen and oxygen atoms in total. The molecule has 0 aliphatic rings. The molecular weight excluding hydrogens is 284 g/mol. The molecule has 0 atom stereocenters. The van der Waals surface area contributed by atoms with Crippen molar-refractivity contribution < 1.29 is 14.6 Å². The maximum absolute atomic E-state index is 11.4. The highest BCUT2D eigenvalue weighted by Crippen LogP contribution is 2.27. The van der Waals surface area contributed by atoms with Gasteiger partial charge in [0.1, 0.15) is 17.1 Å². The molecule has 0 aliphatic heterocycles. The number of carboxylic acids is 1. The summed E-state index contributed by atoms with van der Waals surface area (Å²) in [5.41, 5.74) is -0.430. The Morgan fingerprint density at radius 1 is 1.45 bits per heavy atom. The molecule has 2 N–H and O–H groups in total. The molecule has 0 aliphatic carbocycles. The van der Waals surface area contributed by atoms with Crippen LogP contribution in [0.4, 0.5) is 0 Å². The first-order valence-corrected chi connectivity index (χ1v) is 6.18. The zero-order valence-corrected chi connectivity index (χ0v) is 11.3. The third kappa shape index (κ3) is 3.16. The molecule has 20 heavy (non-hydrogen) atoms. The number of aromatic amines is 1. The Bertz CT molecular complexity index is 712. The van der Waals surface area contributed by atoms with Gasteiger partial charge in [-0.3, -0.25) is 4.79 Å². The van der Waals surface area contributed by atoms with Gasteiger partial charge in [-0.25, -0.2) is 4.79 Å². The molecule has 0 saturated carbocycles. The van der Waals surface area contributed by atoms with Crippen LogP contribution in [0.2, 0.25) is 5.02 Å². The van der Waals surface area contributed by atoms with E-state index in [4.69, 9.17) is 21.4 Å². The SMILES string of the molecule is CCc1nc(Oc2cc(Cl)ccc2C(=O)O)cc(=O)[nH]1. The normalized spacial score (nSPS) is 10.3. The van der Waals surface area contributed by atoms with Gasteiger partial charge in [-0.2, -0.15) is 4.98 Å². The number of carboxylic acid groups (broad SMARTS) is 1. The van der Waals surface area contributed by atoms with Crippen molar-refractivity contribution in [3.8, 4) is 11.6 Å². The third-order valence-electron chi connectivity index (χ3n) is 2.49. The number of hydrogen-bond donors (Lipinski definition) is 2. The van der Waals surface area contributed by atoms with Crippen molar-refractivity contribution in [3.05, 3.63) is 51.0 Å². The van der Waals surface area contributed by atoms with Gasteiger partial charge in [-0.1, -0.05) is 18.5 Å². The van der Waals surface area contributed by atoms with Gasteiger partial charge in [-0.15, -0.1) is 0 Å². The maximum atomic E-state index is 11.4. The van der Waals surface area contributed by atoms with Crippen LogP contribution < -0.4 is 10.3 Å². The highest BCUT2D eigenvalue weighted by atomic mass is 35.5. The number of aromatic carboxylic acids is 1. The molecule has 0 unspecified atom stereocenters. The highest BCUT2D eigenvalue weighted by Gasteiger charge is 2.13. The second-order valence-electron chi connectivity index (χ2n) is 3.93. The predicted octanol–water partition coefficient (Wildman–Crippen LogP) is 2.48. The van der Waals surface area contributed by atoms with E-state index in [9.17, 15) is 9.59 Å². The number of aryl methyl sites for hydroxylation is 1. The van der Waals surface area contributed by atoms with Crippen LogP contribution in [0.3, 0.4) is 0 Å². The molecule has 1 heterocycles. The van der Waals surface area contributed by atoms with Crippen molar-refractivity contribution in [3.63, 3.8) is 0 Å². The van der Waals surface area contributed by atoms with Gasteiger partial charge in [0.15, 0.2) is 0 Å². The van der Waals surface area contributed by atoms with Gasteiger partial charge in [0.05, 0.1) is 6.07 Å². The van der Waals surface area contributed by atoms with Gasteiger partial charge in [0, 0.05) is 17.5 Å². The van der Waals surface area contributed by atoms with E-state index in [1.807, 2.05) is 6.92 Å². The number of halogens is 1. The van der Waals surface area contributed by atoms with Crippen LogP contribution in [0.15, 0.2) is 29.1 Å². The molecule has 7 heteroatoms. The van der Waals surface area contributed by atoms with E-state index in [1.165, 1.54) is 18.2 Å². The minimum absolute atomic E-state index is 0.0235. The number of nitrogens with zero attached hydrogens (tertiary/aromatic N) is 1. The molecule has 1 aromatic heterocycles. The first-order chi connectivity index (χ1) is 9.49. The van der Waals surface area contributed by atoms with Crippen molar-refractivity contribution in [2.75, 3.05) is 0 Å². The van der Waals surface area contributed by atoms with Crippen molar-refractivity contribution in [1.82, 2.24) is 9.97 Å². The van der Waals surface area contributed by atoms with E-state index < -0.39 is 5.97 Å². The van der Waals surface area contributed by atoms with E-state index >= 15 is 0 Å². The average molecular weight is 295 g/mol. The van der Waals surface area contributed by atoms with Crippen LogP contribution in [-0.4, -0.2) is 21.0 Å². The summed E-state index contributed by atoms with van der Waals surface area (Å²) < 4.78 is 5.38. The minimum Gasteiger partial charge on any atom is -0.478 e. The van der Waals surface area contributed by atoms with E-state index in [0.717, 1.165) is 6.07 Å². The predicted molar refractivity (Wildman–Crippen MR) is 72.7 cm³/mol. The molecule has 0 spiro atoms. The number of benzene rings is 1. The van der Waals surface area contributed by atoms with E-state index in [1.54, 1.807) is 0 Å². The average Bonchev–Trinajstić information content (AvgIpc) is 2.37. The summed E-state index contributed by atoms with van der Waals surface area (Å²) in [4.78, 5) is 29.1. The lowest BCUT2D eigenvalue weighted by Gasteiger charge is -2.08. The van der Waals surface area contributed by atoms with Crippen LogP contribution in [-0.2, 0) is 6.42 Å². The molecule has 1 aromatic carbocycles. The summed E-state index contributed by atoms with van der Waals surface area (Å²) in [5.74, 6) is -0.649. The van der Waals surface area contributed by atoms with E-state index in [2.05, 4.69) is 9.97 Å². The lowest BCUT2D eigenvalue weighted by atomic mass is 10.2. The fourth-order valence-corrected chi connectivity index (χ4v) is 1.74. The molecule has 0 saturated heterocycles. The van der Waals surface area contributed by atoms with Crippen molar-refractivity contribution in [2.24, 2.45) is 0 Å². The molecule has 0 radical (unpaired) electrons. The van der Waals surface area contributed by atoms with Gasteiger partial charge >= 0.3 is 5.97 Å².